The average molecular weight is 265 g/mol. The second-order valence-corrected chi connectivity index (χ2v) is 4.58. The number of ether oxygens (including phenoxy) is 3. The summed E-state index contributed by atoms with van der Waals surface area (Å²) in [6.07, 6.45) is -1.15. The highest BCUT2D eigenvalue weighted by Crippen LogP contribution is 1.97. The molecule has 110 valence electrons. The zero-order valence-electron chi connectivity index (χ0n) is 11.8. The molecule has 0 saturated carbocycles. The van der Waals surface area contributed by atoms with Gasteiger partial charge in [-0.2, -0.15) is 0 Å². The van der Waals surface area contributed by atoms with Gasteiger partial charge in [0.15, 0.2) is 0 Å². The molecule has 0 bridgehead atoms. The summed E-state index contributed by atoms with van der Waals surface area (Å²) in [6.45, 7) is 3.85. The Morgan fingerprint density at radius 2 is 1.44 bits per heavy atom. The molecule has 0 aromatic heterocycles. The molecule has 6 heteroatoms. The van der Waals surface area contributed by atoms with Crippen LogP contribution < -0.4 is 0 Å². The molecule has 3 atom stereocenters. The minimum atomic E-state index is -0.580. The van der Waals surface area contributed by atoms with Gasteiger partial charge in [-0.15, -0.1) is 0 Å². The predicted molar refractivity (Wildman–Crippen MR) is 68.7 cm³/mol. The number of hydrogen-bond donors (Lipinski definition) is 2. The molecule has 3 unspecified atom stereocenters. The Morgan fingerprint density at radius 1 is 0.944 bits per heavy atom. The summed E-state index contributed by atoms with van der Waals surface area (Å²) in [5, 5.41) is 19.3. The highest BCUT2D eigenvalue weighted by molar-refractivity contribution is 4.65. The van der Waals surface area contributed by atoms with E-state index in [-0.39, 0.29) is 12.7 Å². The average Bonchev–Trinajstić information content (AvgIpc) is 2.26. The van der Waals surface area contributed by atoms with Gasteiger partial charge >= 0.3 is 0 Å². The van der Waals surface area contributed by atoms with Crippen LogP contribution in [0.5, 0.6) is 0 Å². The third-order valence-corrected chi connectivity index (χ3v) is 2.38. The molecule has 0 rings (SSSR count). The van der Waals surface area contributed by atoms with Gasteiger partial charge < -0.3 is 29.3 Å². The van der Waals surface area contributed by atoms with E-state index in [1.165, 1.54) is 0 Å². The van der Waals surface area contributed by atoms with Gasteiger partial charge in [0.1, 0.15) is 0 Å². The smallest absolute Gasteiger partial charge is 0.0900 e. The van der Waals surface area contributed by atoms with E-state index >= 15 is 0 Å². The molecule has 0 aromatic carbocycles. The number of aliphatic hydroxyl groups is 2. The van der Waals surface area contributed by atoms with Crippen LogP contribution in [0, 0.1) is 0 Å². The van der Waals surface area contributed by atoms with Gasteiger partial charge in [-0.25, -0.2) is 0 Å². The highest BCUT2D eigenvalue weighted by atomic mass is 16.5. The Balaban J connectivity index is 3.69. The lowest BCUT2D eigenvalue weighted by molar-refractivity contribution is -0.0417. The molecule has 0 radical (unpaired) electrons. The molecule has 6 nitrogen and oxygen atoms in total. The summed E-state index contributed by atoms with van der Waals surface area (Å²) in [6, 6.07) is 0. The van der Waals surface area contributed by atoms with Crippen LogP contribution in [0.1, 0.15) is 6.92 Å². The van der Waals surface area contributed by atoms with E-state index in [2.05, 4.69) is 0 Å². The molecule has 0 fully saturated rings. The van der Waals surface area contributed by atoms with Crippen LogP contribution in [0.25, 0.3) is 0 Å². The zero-order valence-corrected chi connectivity index (χ0v) is 11.8. The number of hydrogen-bond acceptors (Lipinski definition) is 6. The van der Waals surface area contributed by atoms with Crippen molar-refractivity contribution >= 4 is 0 Å². The summed E-state index contributed by atoms with van der Waals surface area (Å²) in [7, 11) is 4.99. The van der Waals surface area contributed by atoms with E-state index in [1.807, 2.05) is 18.9 Å². The van der Waals surface area contributed by atoms with E-state index < -0.39 is 12.2 Å². The maximum Gasteiger partial charge on any atom is 0.0900 e. The fraction of sp³-hybridized carbons (Fsp3) is 1.00. The molecule has 0 aliphatic rings. The summed E-state index contributed by atoms with van der Waals surface area (Å²) in [5.74, 6) is 0. The first-order valence-corrected chi connectivity index (χ1v) is 6.13. The van der Waals surface area contributed by atoms with Gasteiger partial charge in [-0.05, 0) is 14.0 Å². The Labute approximate surface area is 109 Å². The second kappa shape index (κ2) is 10.7. The molecular formula is C12H27NO5. The Hall–Kier alpha value is -0.240. The third kappa shape index (κ3) is 9.76. The minimum absolute atomic E-state index is 0.0333. The topological polar surface area (TPSA) is 71.4 Å². The van der Waals surface area contributed by atoms with Crippen LogP contribution in [-0.4, -0.2) is 87.6 Å². The lowest BCUT2D eigenvalue weighted by Gasteiger charge is -2.23. The van der Waals surface area contributed by atoms with Crippen molar-refractivity contribution in [3.63, 3.8) is 0 Å². The Bertz CT molecular complexity index is 193. The highest BCUT2D eigenvalue weighted by Gasteiger charge is 2.13. The molecule has 0 heterocycles. The van der Waals surface area contributed by atoms with Gasteiger partial charge in [0.2, 0.25) is 0 Å². The number of aliphatic hydroxyl groups excluding tert-OH is 2. The molecule has 0 aliphatic carbocycles. The van der Waals surface area contributed by atoms with E-state index in [1.54, 1.807) is 14.2 Å². The molecular weight excluding hydrogens is 238 g/mol. The van der Waals surface area contributed by atoms with Crippen molar-refractivity contribution in [3.8, 4) is 0 Å². The van der Waals surface area contributed by atoms with E-state index in [4.69, 9.17) is 14.2 Å². The fourth-order valence-corrected chi connectivity index (χ4v) is 1.65. The zero-order chi connectivity index (χ0) is 14.0. The number of nitrogens with zero attached hydrogens (tertiary/aromatic N) is 1. The molecule has 18 heavy (non-hydrogen) atoms. The molecule has 0 amide bonds. The number of methoxy groups -OCH3 is 2. The van der Waals surface area contributed by atoms with Crippen LogP contribution >= 0.6 is 0 Å². The Morgan fingerprint density at radius 3 is 1.94 bits per heavy atom. The SMILES string of the molecule is COCC(O)CN(C)CC(O)COC(C)COC. The second-order valence-electron chi connectivity index (χ2n) is 4.58. The summed E-state index contributed by atoms with van der Waals surface area (Å²) in [5.41, 5.74) is 0. The lowest BCUT2D eigenvalue weighted by atomic mass is 10.3. The van der Waals surface area contributed by atoms with E-state index in [9.17, 15) is 10.2 Å². The third-order valence-electron chi connectivity index (χ3n) is 2.38. The van der Waals surface area contributed by atoms with E-state index in [0.29, 0.717) is 26.3 Å². The van der Waals surface area contributed by atoms with Crippen molar-refractivity contribution in [1.29, 1.82) is 0 Å². The van der Waals surface area contributed by atoms with Crippen LogP contribution in [-0.2, 0) is 14.2 Å². The first-order valence-electron chi connectivity index (χ1n) is 6.13. The maximum atomic E-state index is 9.76. The van der Waals surface area contributed by atoms with Crippen LogP contribution in [0.3, 0.4) is 0 Å². The quantitative estimate of drug-likeness (QED) is 0.517. The molecule has 2 N–H and O–H groups in total. The van der Waals surface area contributed by atoms with E-state index in [0.717, 1.165) is 0 Å². The normalized spacial score (nSPS) is 16.8. The van der Waals surface area contributed by atoms with Gasteiger partial charge in [-0.1, -0.05) is 0 Å². The van der Waals surface area contributed by atoms with Gasteiger partial charge in [0.05, 0.1) is 38.1 Å². The van der Waals surface area contributed by atoms with Gasteiger partial charge in [-0.3, -0.25) is 0 Å². The fourth-order valence-electron chi connectivity index (χ4n) is 1.65. The minimum Gasteiger partial charge on any atom is -0.389 e. The van der Waals surface area contributed by atoms with Crippen molar-refractivity contribution in [1.82, 2.24) is 4.90 Å². The van der Waals surface area contributed by atoms with Crippen molar-refractivity contribution in [2.75, 3.05) is 54.2 Å². The number of likely N-dealkylation sites (N-methyl/N-ethyl adjacent to an activating group) is 1. The van der Waals surface area contributed by atoms with Crippen LogP contribution in [0.4, 0.5) is 0 Å². The predicted octanol–water partition coefficient (Wildman–Crippen LogP) is -0.662. The molecule has 0 saturated heterocycles. The first kappa shape index (κ1) is 17.8. The van der Waals surface area contributed by atoms with Gasteiger partial charge in [0.25, 0.3) is 0 Å². The van der Waals surface area contributed by atoms with Crippen LogP contribution in [0.15, 0.2) is 0 Å². The monoisotopic (exact) mass is 265 g/mol. The van der Waals surface area contributed by atoms with Crippen LogP contribution in [0.2, 0.25) is 0 Å². The standard InChI is InChI=1S/C12H27NO5/c1-10(7-16-3)18-9-12(15)6-13(2)5-11(14)8-17-4/h10-12,14-15H,5-9H2,1-4H3. The molecule has 0 aromatic rings. The summed E-state index contributed by atoms with van der Waals surface area (Å²) in [4.78, 5) is 1.85. The summed E-state index contributed by atoms with van der Waals surface area (Å²) >= 11 is 0. The van der Waals surface area contributed by atoms with Crippen molar-refractivity contribution in [2.24, 2.45) is 0 Å². The molecule has 0 spiro atoms. The van der Waals surface area contributed by atoms with Crippen molar-refractivity contribution < 1.29 is 24.4 Å². The van der Waals surface area contributed by atoms with Gasteiger partial charge in [0, 0.05) is 27.3 Å². The lowest BCUT2D eigenvalue weighted by Crippen LogP contribution is -2.38. The number of rotatable bonds is 11. The van der Waals surface area contributed by atoms with Crippen molar-refractivity contribution in [2.45, 2.75) is 25.2 Å². The first-order chi connectivity index (χ1) is 8.49. The maximum absolute atomic E-state index is 9.76. The Kier molecular flexibility index (Phi) is 10.5. The van der Waals surface area contributed by atoms with Crippen molar-refractivity contribution in [3.05, 3.63) is 0 Å². The largest absolute Gasteiger partial charge is 0.389 e. The summed E-state index contributed by atoms with van der Waals surface area (Å²) < 4.78 is 15.2. The molecule has 0 aliphatic heterocycles.